The molecule has 1 unspecified atom stereocenters. The third-order valence-corrected chi connectivity index (χ3v) is 2.63. The minimum Gasteiger partial charge on any atom is -0.629 e. The van der Waals surface area contributed by atoms with Crippen LogP contribution in [-0.4, -0.2) is 13.8 Å². The molecule has 2 aromatic carbocycles. The summed E-state index contributed by atoms with van der Waals surface area (Å²) >= 11 is 0. The van der Waals surface area contributed by atoms with Crippen molar-refractivity contribution in [1.29, 1.82) is 0 Å². The summed E-state index contributed by atoms with van der Waals surface area (Å²) in [5.41, 5.74) is 3.61. The maximum atomic E-state index is 11.3. The summed E-state index contributed by atoms with van der Waals surface area (Å²) in [4.78, 5) is 3.90. The molecule has 0 saturated carbocycles. The van der Waals surface area contributed by atoms with Crippen molar-refractivity contribution in [3.05, 3.63) is 53.7 Å². The molecule has 1 N–H and O–H groups in total. The van der Waals surface area contributed by atoms with Crippen molar-refractivity contribution in [1.82, 2.24) is 0 Å². The zero-order valence-electron chi connectivity index (χ0n) is 9.68. The highest BCUT2D eigenvalue weighted by molar-refractivity contribution is 5.69. The molecular formula is C14H14N2O. The lowest BCUT2D eigenvalue weighted by Gasteiger charge is -2.16. The molecular weight excluding hydrogens is 212 g/mol. The second-order valence-corrected chi connectivity index (χ2v) is 3.85. The van der Waals surface area contributed by atoms with Gasteiger partial charge in [-0.25, -0.2) is 0 Å². The van der Waals surface area contributed by atoms with Crippen molar-refractivity contribution < 1.29 is 5.06 Å². The number of nitrogens with zero attached hydrogens (tertiary/aromatic N) is 1. The summed E-state index contributed by atoms with van der Waals surface area (Å²) in [6.45, 7) is 3.51. The average Bonchev–Trinajstić information content (AvgIpc) is 2.39. The minimum absolute atomic E-state index is 0.0739. The number of benzene rings is 2. The second-order valence-electron chi connectivity index (χ2n) is 3.85. The summed E-state index contributed by atoms with van der Waals surface area (Å²) in [6.07, 6.45) is 0. The summed E-state index contributed by atoms with van der Waals surface area (Å²) < 4.78 is 0. The van der Waals surface area contributed by atoms with E-state index in [4.69, 9.17) is 0 Å². The van der Waals surface area contributed by atoms with Crippen LogP contribution in [0.15, 0.2) is 53.5 Å². The fourth-order valence-electron chi connectivity index (χ4n) is 1.70. The number of hydrogen-bond donors (Lipinski definition) is 1. The van der Waals surface area contributed by atoms with Crippen LogP contribution in [0.25, 0.3) is 11.1 Å². The molecule has 0 fully saturated rings. The van der Waals surface area contributed by atoms with Gasteiger partial charge in [0.25, 0.3) is 0 Å². The van der Waals surface area contributed by atoms with Gasteiger partial charge in [-0.05, 0) is 36.0 Å². The van der Waals surface area contributed by atoms with Gasteiger partial charge in [-0.1, -0.05) is 24.3 Å². The zero-order valence-corrected chi connectivity index (χ0v) is 9.68. The summed E-state index contributed by atoms with van der Waals surface area (Å²) in [6, 6.07) is 15.4. The number of aliphatic imine (C=N–C) groups is 1. The summed E-state index contributed by atoms with van der Waals surface area (Å²) in [7, 11) is 1.57. The fourth-order valence-corrected chi connectivity index (χ4v) is 1.70. The normalized spacial score (nSPS) is 12.1. The van der Waals surface area contributed by atoms with Gasteiger partial charge < -0.3 is 10.3 Å². The van der Waals surface area contributed by atoms with Gasteiger partial charge in [-0.2, -0.15) is 0 Å². The standard InChI is InChI=1S/C14H14N2O/c1-15-13-7-3-5-11(9-13)12-6-4-8-14(10-12)16(2)17/h3-10,16H,1H2,2H3. The van der Waals surface area contributed by atoms with E-state index >= 15 is 0 Å². The van der Waals surface area contributed by atoms with Gasteiger partial charge in [-0.3, -0.25) is 4.99 Å². The van der Waals surface area contributed by atoms with Crippen molar-refractivity contribution in [2.45, 2.75) is 0 Å². The fraction of sp³-hybridized carbons (Fsp3) is 0.0714. The zero-order chi connectivity index (χ0) is 12.3. The predicted molar refractivity (Wildman–Crippen MR) is 71.0 cm³/mol. The second kappa shape index (κ2) is 4.91. The molecule has 86 valence electrons. The van der Waals surface area contributed by atoms with Crippen LogP contribution in [0, 0.1) is 5.21 Å². The largest absolute Gasteiger partial charge is 0.629 e. The first-order valence-electron chi connectivity index (χ1n) is 5.39. The summed E-state index contributed by atoms with van der Waals surface area (Å²) in [5, 5.41) is 11.4. The molecule has 3 nitrogen and oxygen atoms in total. The Morgan fingerprint density at radius 3 is 2.35 bits per heavy atom. The van der Waals surface area contributed by atoms with Gasteiger partial charge in [0, 0.05) is 6.07 Å². The van der Waals surface area contributed by atoms with E-state index in [0.717, 1.165) is 22.5 Å². The molecule has 0 heterocycles. The van der Waals surface area contributed by atoms with Crippen molar-refractivity contribution in [3.63, 3.8) is 0 Å². The highest BCUT2D eigenvalue weighted by Gasteiger charge is 2.02. The van der Waals surface area contributed by atoms with E-state index in [1.807, 2.05) is 48.5 Å². The molecule has 2 aromatic rings. The van der Waals surface area contributed by atoms with Gasteiger partial charge in [-0.15, -0.1) is 0 Å². The van der Waals surface area contributed by atoms with Crippen LogP contribution < -0.4 is 5.06 Å². The average molecular weight is 226 g/mol. The lowest BCUT2D eigenvalue weighted by Crippen LogP contribution is -2.98. The molecule has 17 heavy (non-hydrogen) atoms. The number of hydroxylamine groups is 1. The molecule has 0 aliphatic carbocycles. The molecule has 1 atom stereocenters. The minimum atomic E-state index is 0.0739. The van der Waals surface area contributed by atoms with E-state index in [-0.39, 0.29) is 5.06 Å². The van der Waals surface area contributed by atoms with Crippen LogP contribution in [0.5, 0.6) is 0 Å². The predicted octanol–water partition coefficient (Wildman–Crippen LogP) is 2.33. The smallest absolute Gasteiger partial charge is 0.131 e. The van der Waals surface area contributed by atoms with Gasteiger partial charge in [0.05, 0.1) is 12.7 Å². The number of nitrogens with one attached hydrogen (secondary N) is 1. The van der Waals surface area contributed by atoms with E-state index in [1.165, 1.54) is 0 Å². The molecule has 0 spiro atoms. The number of rotatable bonds is 3. The van der Waals surface area contributed by atoms with Crippen molar-refractivity contribution in [2.75, 3.05) is 7.05 Å². The van der Waals surface area contributed by atoms with Gasteiger partial charge >= 0.3 is 0 Å². The lowest BCUT2D eigenvalue weighted by molar-refractivity contribution is -0.751. The van der Waals surface area contributed by atoms with E-state index in [9.17, 15) is 5.21 Å². The molecule has 0 aliphatic heterocycles. The maximum Gasteiger partial charge on any atom is 0.131 e. The first-order chi connectivity index (χ1) is 8.20. The van der Waals surface area contributed by atoms with Crippen molar-refractivity contribution in [3.8, 4) is 11.1 Å². The van der Waals surface area contributed by atoms with Crippen molar-refractivity contribution >= 4 is 18.1 Å². The summed E-state index contributed by atoms with van der Waals surface area (Å²) in [5.74, 6) is 0. The first kappa shape index (κ1) is 11.5. The topological polar surface area (TPSA) is 39.9 Å². The Bertz CT molecular complexity index is 535. The van der Waals surface area contributed by atoms with Crippen LogP contribution in [-0.2, 0) is 0 Å². The number of hydrogen-bond acceptors (Lipinski definition) is 2. The molecule has 0 amide bonds. The Morgan fingerprint density at radius 2 is 1.71 bits per heavy atom. The molecule has 0 aliphatic rings. The Labute approximate surface area is 101 Å². The lowest BCUT2D eigenvalue weighted by atomic mass is 10.0. The Balaban J connectivity index is 2.45. The highest BCUT2D eigenvalue weighted by Crippen LogP contribution is 2.24. The molecule has 0 saturated heterocycles. The van der Waals surface area contributed by atoms with Gasteiger partial charge in [0.2, 0.25) is 0 Å². The van der Waals surface area contributed by atoms with Crippen LogP contribution >= 0.6 is 0 Å². The molecule has 0 bridgehead atoms. The number of quaternary nitrogens is 1. The third kappa shape index (κ3) is 2.58. The van der Waals surface area contributed by atoms with Crippen LogP contribution in [0.1, 0.15) is 0 Å². The molecule has 0 aromatic heterocycles. The van der Waals surface area contributed by atoms with Crippen molar-refractivity contribution in [2.24, 2.45) is 4.99 Å². The van der Waals surface area contributed by atoms with Crippen LogP contribution in [0.2, 0.25) is 0 Å². The SMILES string of the molecule is C=Nc1cccc(-c2cccc([NH+](C)[O-])c2)c1. The Hall–Kier alpha value is -1.97. The monoisotopic (exact) mass is 226 g/mol. The maximum absolute atomic E-state index is 11.3. The van der Waals surface area contributed by atoms with E-state index in [2.05, 4.69) is 11.7 Å². The Kier molecular flexibility index (Phi) is 3.32. The highest BCUT2D eigenvalue weighted by atomic mass is 16.5. The quantitative estimate of drug-likeness (QED) is 0.633. The third-order valence-electron chi connectivity index (χ3n) is 2.63. The molecule has 3 heteroatoms. The first-order valence-corrected chi connectivity index (χ1v) is 5.39. The van der Waals surface area contributed by atoms with E-state index in [1.54, 1.807) is 7.05 Å². The van der Waals surface area contributed by atoms with Gasteiger partial charge in [0.1, 0.15) is 5.69 Å². The van der Waals surface area contributed by atoms with E-state index < -0.39 is 0 Å². The molecule has 2 rings (SSSR count). The Morgan fingerprint density at radius 1 is 1.06 bits per heavy atom. The van der Waals surface area contributed by atoms with Crippen LogP contribution in [0.3, 0.4) is 0 Å². The van der Waals surface area contributed by atoms with Gasteiger partial charge in [0.15, 0.2) is 0 Å². The van der Waals surface area contributed by atoms with E-state index in [0.29, 0.717) is 0 Å². The molecule has 0 radical (unpaired) electrons. The van der Waals surface area contributed by atoms with Crippen LogP contribution in [0.4, 0.5) is 11.4 Å².